The van der Waals surface area contributed by atoms with Crippen LogP contribution < -0.4 is 9.80 Å². The number of allylic oxidation sites excluding steroid dienone is 4. The van der Waals surface area contributed by atoms with Crippen molar-refractivity contribution in [3.8, 4) is 11.1 Å². The van der Waals surface area contributed by atoms with Crippen LogP contribution in [-0.4, -0.2) is 0 Å². The molecule has 2 heteroatoms. The average Bonchev–Trinajstić information content (AvgIpc) is 3.30. The van der Waals surface area contributed by atoms with Gasteiger partial charge in [-0.3, -0.25) is 0 Å². The third-order valence-electron chi connectivity index (χ3n) is 10.5. The van der Waals surface area contributed by atoms with Crippen molar-refractivity contribution in [1.82, 2.24) is 0 Å². The van der Waals surface area contributed by atoms with Crippen molar-refractivity contribution in [2.24, 2.45) is 0 Å². The lowest BCUT2D eigenvalue weighted by Crippen LogP contribution is -2.11. The zero-order valence-corrected chi connectivity index (χ0v) is 34.1. The van der Waals surface area contributed by atoms with E-state index in [-0.39, 0.29) is 0 Å². The number of aryl methyl sites for hydroxylation is 2. The average molecular weight is 773 g/mol. The van der Waals surface area contributed by atoms with E-state index in [1.54, 1.807) is 0 Å². The summed E-state index contributed by atoms with van der Waals surface area (Å²) in [6.45, 7) is 4.32. The van der Waals surface area contributed by atoms with Crippen LogP contribution >= 0.6 is 0 Å². The van der Waals surface area contributed by atoms with Crippen LogP contribution in [0.25, 0.3) is 35.4 Å². The van der Waals surface area contributed by atoms with Gasteiger partial charge in [0.05, 0.1) is 0 Å². The maximum Gasteiger partial charge on any atom is 0.0490 e. The lowest BCUT2D eigenvalue weighted by molar-refractivity contribution is 1.25. The molecule has 8 aromatic rings. The Labute approximate surface area is 355 Å². The number of benzene rings is 8. The lowest BCUT2D eigenvalue weighted by atomic mass is 10.0. The van der Waals surface area contributed by atoms with Gasteiger partial charge in [-0.05, 0) is 125 Å². The largest absolute Gasteiger partial charge is 0.310 e. The zero-order valence-electron chi connectivity index (χ0n) is 34.1. The van der Waals surface area contributed by atoms with Gasteiger partial charge in [0.15, 0.2) is 0 Å². The van der Waals surface area contributed by atoms with Crippen molar-refractivity contribution in [2.45, 2.75) is 13.8 Å². The Balaban J connectivity index is 1.02. The summed E-state index contributed by atoms with van der Waals surface area (Å²) in [4.78, 5) is 4.67. The molecule has 0 spiro atoms. The second-order valence-electron chi connectivity index (χ2n) is 14.8. The molecule has 0 aromatic heterocycles. The van der Waals surface area contributed by atoms with Crippen molar-refractivity contribution in [2.75, 3.05) is 9.80 Å². The number of para-hydroxylation sites is 1. The molecule has 0 unspecified atom stereocenters. The summed E-state index contributed by atoms with van der Waals surface area (Å²) in [5.74, 6) is 0. The van der Waals surface area contributed by atoms with Crippen LogP contribution in [0, 0.1) is 13.8 Å². The van der Waals surface area contributed by atoms with Crippen LogP contribution in [0.2, 0.25) is 0 Å². The fourth-order valence-corrected chi connectivity index (χ4v) is 7.33. The first-order valence-corrected chi connectivity index (χ1v) is 20.5. The minimum absolute atomic E-state index is 1.10. The highest BCUT2D eigenvalue weighted by Gasteiger charge is 2.16. The standard InChI is InChI=1S/C58H48N2/c1-45-16-15-26-57(44-45)59(53-36-28-49(29-37-53)24-12-10-22-47-18-5-3-6-19-47)54-40-32-51(33-41-54)52-34-42-56(43-35-52)60(58-27-14-9-17-46(58)2)55-38-30-50(31-39-55)25-13-11-23-48-20-7-4-8-21-48/h3-44H,1-2H3/b22-10+,23-11+,24-12+,25-13+. The predicted molar refractivity (Wildman–Crippen MR) is 260 cm³/mol. The molecule has 0 radical (unpaired) electrons. The first-order valence-electron chi connectivity index (χ1n) is 20.5. The van der Waals surface area contributed by atoms with E-state index in [1.165, 1.54) is 33.4 Å². The molecular formula is C58H48N2. The number of anilines is 6. The topological polar surface area (TPSA) is 6.48 Å². The summed E-state index contributed by atoms with van der Waals surface area (Å²) in [7, 11) is 0. The molecule has 0 N–H and O–H groups in total. The molecule has 60 heavy (non-hydrogen) atoms. The summed E-state index contributed by atoms with van der Waals surface area (Å²) in [5.41, 5.74) is 16.2. The molecule has 0 aliphatic heterocycles. The molecule has 0 atom stereocenters. The maximum absolute atomic E-state index is 2.34. The third-order valence-corrected chi connectivity index (χ3v) is 10.5. The Hall–Kier alpha value is -7.68. The van der Waals surface area contributed by atoms with Gasteiger partial charge in [0.1, 0.15) is 0 Å². The van der Waals surface area contributed by atoms with Crippen molar-refractivity contribution < 1.29 is 0 Å². The van der Waals surface area contributed by atoms with Gasteiger partial charge in [0, 0.05) is 34.1 Å². The maximum atomic E-state index is 2.34. The summed E-state index contributed by atoms with van der Waals surface area (Å²) in [5, 5.41) is 0. The van der Waals surface area contributed by atoms with Crippen LogP contribution in [0.3, 0.4) is 0 Å². The van der Waals surface area contributed by atoms with Gasteiger partial charge in [-0.25, -0.2) is 0 Å². The molecule has 0 amide bonds. The highest BCUT2D eigenvalue weighted by atomic mass is 15.1. The molecule has 0 aliphatic rings. The molecule has 0 saturated heterocycles. The van der Waals surface area contributed by atoms with Gasteiger partial charge in [-0.1, -0.05) is 188 Å². The van der Waals surface area contributed by atoms with Crippen LogP contribution in [-0.2, 0) is 0 Å². The molecule has 0 heterocycles. The highest BCUT2D eigenvalue weighted by Crippen LogP contribution is 2.39. The predicted octanol–water partition coefficient (Wildman–Crippen LogP) is 16.4. The van der Waals surface area contributed by atoms with Crippen LogP contribution in [0.4, 0.5) is 34.1 Å². The van der Waals surface area contributed by atoms with E-state index in [9.17, 15) is 0 Å². The highest BCUT2D eigenvalue weighted by molar-refractivity contribution is 5.82. The third kappa shape index (κ3) is 9.88. The van der Waals surface area contributed by atoms with Crippen molar-refractivity contribution in [1.29, 1.82) is 0 Å². The van der Waals surface area contributed by atoms with E-state index >= 15 is 0 Å². The number of hydrogen-bond donors (Lipinski definition) is 0. The van der Waals surface area contributed by atoms with Gasteiger partial charge in [0.2, 0.25) is 0 Å². The Bertz CT molecular complexity index is 2720. The summed E-state index contributed by atoms with van der Waals surface area (Å²) < 4.78 is 0. The van der Waals surface area contributed by atoms with Crippen LogP contribution in [0.1, 0.15) is 33.4 Å². The quantitative estimate of drug-likeness (QED) is 0.108. The van der Waals surface area contributed by atoms with E-state index in [0.29, 0.717) is 0 Å². The zero-order chi connectivity index (χ0) is 40.9. The Morgan fingerprint density at radius 2 is 0.683 bits per heavy atom. The van der Waals surface area contributed by atoms with Gasteiger partial charge in [-0.2, -0.15) is 0 Å². The molecule has 0 fully saturated rings. The molecule has 290 valence electrons. The fourth-order valence-electron chi connectivity index (χ4n) is 7.33. The Morgan fingerprint density at radius 1 is 0.300 bits per heavy atom. The monoisotopic (exact) mass is 772 g/mol. The van der Waals surface area contributed by atoms with Crippen LogP contribution in [0.15, 0.2) is 231 Å². The second-order valence-corrected chi connectivity index (χ2v) is 14.8. The summed E-state index contributed by atoms with van der Waals surface area (Å²) in [6, 6.07) is 73.3. The van der Waals surface area contributed by atoms with E-state index in [2.05, 4.69) is 266 Å². The molecule has 0 bridgehead atoms. The van der Waals surface area contributed by atoms with Crippen molar-refractivity contribution >= 4 is 58.4 Å². The van der Waals surface area contributed by atoms with Crippen molar-refractivity contribution in [3.05, 3.63) is 264 Å². The second kappa shape index (κ2) is 19.2. The lowest BCUT2D eigenvalue weighted by Gasteiger charge is -2.27. The smallest absolute Gasteiger partial charge is 0.0490 e. The molecule has 2 nitrogen and oxygen atoms in total. The Morgan fingerprint density at radius 3 is 1.12 bits per heavy atom. The van der Waals surface area contributed by atoms with Gasteiger partial charge in [-0.15, -0.1) is 0 Å². The van der Waals surface area contributed by atoms with E-state index in [4.69, 9.17) is 0 Å². The number of hydrogen-bond acceptors (Lipinski definition) is 2. The molecule has 0 aliphatic carbocycles. The van der Waals surface area contributed by atoms with E-state index in [0.717, 1.165) is 45.3 Å². The molecule has 8 rings (SSSR count). The van der Waals surface area contributed by atoms with Gasteiger partial charge >= 0.3 is 0 Å². The summed E-state index contributed by atoms with van der Waals surface area (Å²) in [6.07, 6.45) is 16.9. The first kappa shape index (κ1) is 39.2. The molecule has 0 saturated carbocycles. The summed E-state index contributed by atoms with van der Waals surface area (Å²) >= 11 is 0. The van der Waals surface area contributed by atoms with Gasteiger partial charge in [0.25, 0.3) is 0 Å². The van der Waals surface area contributed by atoms with Crippen molar-refractivity contribution in [3.63, 3.8) is 0 Å². The first-order chi connectivity index (χ1) is 29.6. The number of nitrogens with zero attached hydrogens (tertiary/aromatic N) is 2. The van der Waals surface area contributed by atoms with Crippen LogP contribution in [0.5, 0.6) is 0 Å². The minimum Gasteiger partial charge on any atom is -0.310 e. The Kier molecular flexibility index (Phi) is 12.5. The normalized spacial score (nSPS) is 11.6. The fraction of sp³-hybridized carbons (Fsp3) is 0.0345. The van der Waals surface area contributed by atoms with Gasteiger partial charge < -0.3 is 9.80 Å². The molecule has 8 aromatic carbocycles. The van der Waals surface area contributed by atoms with E-state index < -0.39 is 0 Å². The minimum atomic E-state index is 1.10. The molecular weight excluding hydrogens is 725 g/mol. The SMILES string of the molecule is Cc1cccc(N(c2ccc(/C=C/C=C/c3ccccc3)cc2)c2ccc(-c3ccc(N(c4ccc(/C=C/C=C/c5ccccc5)cc4)c4ccccc4C)cc3)cc2)c1. The number of rotatable bonds is 13. The van der Waals surface area contributed by atoms with E-state index in [1.807, 2.05) is 12.1 Å².